The average Bonchev–Trinajstić information content (AvgIpc) is 2.29. The lowest BCUT2D eigenvalue weighted by Gasteiger charge is -2.26. The van der Waals surface area contributed by atoms with E-state index in [2.05, 4.69) is 10.2 Å². The number of nitrogens with one attached hydrogen (secondary N) is 1. The fourth-order valence-corrected chi connectivity index (χ4v) is 1.63. The van der Waals surface area contributed by atoms with Gasteiger partial charge in [-0.3, -0.25) is 9.69 Å². The van der Waals surface area contributed by atoms with Gasteiger partial charge in [-0.1, -0.05) is 6.92 Å². The monoisotopic (exact) mass is 230 g/mol. The van der Waals surface area contributed by atoms with Crippen molar-refractivity contribution in [3.8, 4) is 0 Å². The highest BCUT2D eigenvalue weighted by molar-refractivity contribution is 5.69. The zero-order valence-corrected chi connectivity index (χ0v) is 9.95. The molecule has 1 aliphatic rings. The van der Waals surface area contributed by atoms with Crippen LogP contribution in [0.1, 0.15) is 13.3 Å². The normalized spacial score (nSPS) is 19.6. The van der Waals surface area contributed by atoms with Gasteiger partial charge < -0.3 is 15.2 Å². The molecule has 1 rings (SSSR count). The number of hydrogen-bond donors (Lipinski definition) is 2. The van der Waals surface area contributed by atoms with E-state index in [1.807, 2.05) is 0 Å². The minimum atomic E-state index is -0.713. The molecule has 0 radical (unpaired) electrons. The molecule has 94 valence electrons. The van der Waals surface area contributed by atoms with E-state index in [-0.39, 0.29) is 5.92 Å². The first-order valence-corrected chi connectivity index (χ1v) is 5.94. The maximum absolute atomic E-state index is 10.6. The van der Waals surface area contributed by atoms with Crippen LogP contribution in [0, 0.1) is 5.92 Å². The van der Waals surface area contributed by atoms with Gasteiger partial charge in [0.2, 0.25) is 0 Å². The maximum atomic E-state index is 10.6. The number of ether oxygens (including phenoxy) is 1. The Kier molecular flexibility index (Phi) is 6.37. The number of aliphatic carboxylic acids is 1. The van der Waals surface area contributed by atoms with Crippen LogP contribution in [0.25, 0.3) is 0 Å². The number of carboxylic acid groups (broad SMARTS) is 1. The maximum Gasteiger partial charge on any atom is 0.306 e. The van der Waals surface area contributed by atoms with E-state index in [0.717, 1.165) is 45.9 Å². The zero-order valence-electron chi connectivity index (χ0n) is 9.95. The van der Waals surface area contributed by atoms with Crippen molar-refractivity contribution in [1.29, 1.82) is 0 Å². The zero-order chi connectivity index (χ0) is 11.8. The Balaban J connectivity index is 1.93. The van der Waals surface area contributed by atoms with Crippen molar-refractivity contribution >= 4 is 5.97 Å². The molecule has 1 unspecified atom stereocenters. The molecule has 0 saturated carbocycles. The molecule has 1 fully saturated rings. The number of rotatable bonds is 7. The summed E-state index contributed by atoms with van der Waals surface area (Å²) in [6.07, 6.45) is 0.693. The second-order valence-corrected chi connectivity index (χ2v) is 4.23. The first-order chi connectivity index (χ1) is 7.70. The van der Waals surface area contributed by atoms with Crippen molar-refractivity contribution in [2.75, 3.05) is 45.9 Å². The van der Waals surface area contributed by atoms with E-state index in [9.17, 15) is 4.79 Å². The van der Waals surface area contributed by atoms with Crippen molar-refractivity contribution < 1.29 is 14.6 Å². The Bertz CT molecular complexity index is 205. The van der Waals surface area contributed by atoms with Gasteiger partial charge >= 0.3 is 5.97 Å². The predicted octanol–water partition coefficient (Wildman–Crippen LogP) is 0.0190. The van der Waals surface area contributed by atoms with Gasteiger partial charge in [0.15, 0.2) is 0 Å². The molecule has 0 bridgehead atoms. The lowest BCUT2D eigenvalue weighted by atomic mass is 10.1. The topological polar surface area (TPSA) is 61.8 Å². The van der Waals surface area contributed by atoms with Crippen LogP contribution >= 0.6 is 0 Å². The lowest BCUT2D eigenvalue weighted by Crippen LogP contribution is -2.40. The van der Waals surface area contributed by atoms with Gasteiger partial charge in [0.05, 0.1) is 19.1 Å². The molecule has 0 aliphatic carbocycles. The third-order valence-electron chi connectivity index (χ3n) is 2.88. The minimum Gasteiger partial charge on any atom is -0.481 e. The van der Waals surface area contributed by atoms with Gasteiger partial charge in [-0.15, -0.1) is 0 Å². The van der Waals surface area contributed by atoms with Crippen LogP contribution in [0.5, 0.6) is 0 Å². The molecule has 5 heteroatoms. The quantitative estimate of drug-likeness (QED) is 0.604. The van der Waals surface area contributed by atoms with Gasteiger partial charge in [0, 0.05) is 26.2 Å². The summed E-state index contributed by atoms with van der Waals surface area (Å²) < 4.78 is 5.26. The Hall–Kier alpha value is -0.650. The van der Waals surface area contributed by atoms with Crippen LogP contribution in [0.2, 0.25) is 0 Å². The van der Waals surface area contributed by atoms with Gasteiger partial charge in [0.1, 0.15) is 0 Å². The SMILES string of the molecule is CC(CCNCCN1CCOCC1)C(=O)O. The molecule has 1 saturated heterocycles. The Labute approximate surface area is 96.8 Å². The van der Waals surface area contributed by atoms with Crippen LogP contribution in [0.15, 0.2) is 0 Å². The highest BCUT2D eigenvalue weighted by Gasteiger charge is 2.11. The third-order valence-corrected chi connectivity index (χ3v) is 2.88. The molecule has 0 amide bonds. The molecular formula is C11H22N2O3. The fraction of sp³-hybridized carbons (Fsp3) is 0.909. The molecule has 16 heavy (non-hydrogen) atoms. The summed E-state index contributed by atoms with van der Waals surface area (Å²) in [5.41, 5.74) is 0. The van der Waals surface area contributed by atoms with Crippen molar-refractivity contribution in [2.45, 2.75) is 13.3 Å². The molecule has 1 heterocycles. The van der Waals surface area contributed by atoms with Crippen molar-refractivity contribution in [3.05, 3.63) is 0 Å². The van der Waals surface area contributed by atoms with Crippen LogP contribution in [-0.4, -0.2) is 61.9 Å². The summed E-state index contributed by atoms with van der Waals surface area (Å²) in [7, 11) is 0. The van der Waals surface area contributed by atoms with E-state index in [1.165, 1.54) is 0 Å². The molecule has 1 atom stereocenters. The average molecular weight is 230 g/mol. The molecule has 0 aromatic heterocycles. The van der Waals surface area contributed by atoms with Crippen molar-refractivity contribution in [1.82, 2.24) is 10.2 Å². The van der Waals surface area contributed by atoms with E-state index < -0.39 is 5.97 Å². The number of morpholine rings is 1. The molecule has 0 aromatic carbocycles. The van der Waals surface area contributed by atoms with Crippen LogP contribution < -0.4 is 5.32 Å². The van der Waals surface area contributed by atoms with Crippen molar-refractivity contribution in [2.24, 2.45) is 5.92 Å². The highest BCUT2D eigenvalue weighted by atomic mass is 16.5. The predicted molar refractivity (Wildman–Crippen MR) is 61.5 cm³/mol. The molecule has 0 aromatic rings. The number of nitrogens with zero attached hydrogens (tertiary/aromatic N) is 1. The summed E-state index contributed by atoms with van der Waals surface area (Å²) >= 11 is 0. The van der Waals surface area contributed by atoms with Crippen LogP contribution in [-0.2, 0) is 9.53 Å². The largest absolute Gasteiger partial charge is 0.481 e. The molecule has 0 spiro atoms. The second kappa shape index (κ2) is 7.60. The summed E-state index contributed by atoms with van der Waals surface area (Å²) in [6, 6.07) is 0. The molecule has 2 N–H and O–H groups in total. The Morgan fingerprint density at radius 3 is 2.75 bits per heavy atom. The second-order valence-electron chi connectivity index (χ2n) is 4.23. The fourth-order valence-electron chi connectivity index (χ4n) is 1.63. The smallest absolute Gasteiger partial charge is 0.306 e. The van der Waals surface area contributed by atoms with E-state index >= 15 is 0 Å². The standard InChI is InChI=1S/C11H22N2O3/c1-10(11(14)15)2-3-12-4-5-13-6-8-16-9-7-13/h10,12H,2-9H2,1H3,(H,14,15). The third kappa shape index (κ3) is 5.44. The number of hydrogen-bond acceptors (Lipinski definition) is 4. The van der Waals surface area contributed by atoms with Gasteiger partial charge in [-0.2, -0.15) is 0 Å². The van der Waals surface area contributed by atoms with Crippen LogP contribution in [0.3, 0.4) is 0 Å². The van der Waals surface area contributed by atoms with Gasteiger partial charge in [0.25, 0.3) is 0 Å². The molecular weight excluding hydrogens is 208 g/mol. The summed E-state index contributed by atoms with van der Waals surface area (Å²) in [6.45, 7) is 8.13. The first kappa shape index (κ1) is 13.4. The van der Waals surface area contributed by atoms with Crippen LogP contribution in [0.4, 0.5) is 0 Å². The van der Waals surface area contributed by atoms with E-state index in [0.29, 0.717) is 6.42 Å². The van der Waals surface area contributed by atoms with E-state index in [4.69, 9.17) is 9.84 Å². The Morgan fingerprint density at radius 1 is 1.44 bits per heavy atom. The minimum absolute atomic E-state index is 0.254. The van der Waals surface area contributed by atoms with Gasteiger partial charge in [-0.25, -0.2) is 0 Å². The number of carboxylic acids is 1. The van der Waals surface area contributed by atoms with E-state index in [1.54, 1.807) is 6.92 Å². The van der Waals surface area contributed by atoms with Gasteiger partial charge in [-0.05, 0) is 13.0 Å². The first-order valence-electron chi connectivity index (χ1n) is 5.94. The summed E-state index contributed by atoms with van der Waals surface area (Å²) in [5.74, 6) is -0.967. The molecule has 5 nitrogen and oxygen atoms in total. The summed E-state index contributed by atoms with van der Waals surface area (Å²) in [4.78, 5) is 12.9. The number of carbonyl (C=O) groups is 1. The Morgan fingerprint density at radius 2 is 2.12 bits per heavy atom. The highest BCUT2D eigenvalue weighted by Crippen LogP contribution is 1.99. The summed E-state index contributed by atoms with van der Waals surface area (Å²) in [5, 5.41) is 12.0. The van der Waals surface area contributed by atoms with Crippen molar-refractivity contribution in [3.63, 3.8) is 0 Å². The lowest BCUT2D eigenvalue weighted by molar-refractivity contribution is -0.141. The molecule has 1 aliphatic heterocycles.